The number of hydrogen-bond donors (Lipinski definition) is 0. The fourth-order valence-corrected chi connectivity index (χ4v) is 2.93. The van der Waals surface area contributed by atoms with Crippen molar-refractivity contribution in [3.05, 3.63) is 35.4 Å². The van der Waals surface area contributed by atoms with Gasteiger partial charge in [0.2, 0.25) is 0 Å². The van der Waals surface area contributed by atoms with Crippen molar-refractivity contribution in [2.24, 2.45) is 5.41 Å². The molecule has 1 aliphatic rings. The zero-order valence-electron chi connectivity index (χ0n) is 9.52. The normalized spacial score (nSPS) is 24.9. The molecule has 1 heterocycles. The number of rotatable bonds is 3. The summed E-state index contributed by atoms with van der Waals surface area (Å²) in [5.74, 6) is -1.56. The molecule has 17 heavy (non-hydrogen) atoms. The molecule has 0 N–H and O–H groups in total. The highest BCUT2D eigenvalue weighted by Gasteiger charge is 2.32. The summed E-state index contributed by atoms with van der Waals surface area (Å²) in [6.45, 7) is 1.48. The lowest BCUT2D eigenvalue weighted by Crippen LogP contribution is -2.35. The molecule has 0 aromatic heterocycles. The van der Waals surface area contributed by atoms with E-state index >= 15 is 0 Å². The van der Waals surface area contributed by atoms with Crippen molar-refractivity contribution in [1.82, 2.24) is 0 Å². The quantitative estimate of drug-likeness (QED) is 0.774. The van der Waals surface area contributed by atoms with E-state index in [0.717, 1.165) is 36.8 Å². The van der Waals surface area contributed by atoms with Crippen LogP contribution in [0.25, 0.3) is 0 Å². The highest BCUT2D eigenvalue weighted by atomic mass is 79.9. The van der Waals surface area contributed by atoms with Crippen molar-refractivity contribution < 1.29 is 13.5 Å². The van der Waals surface area contributed by atoms with Gasteiger partial charge in [-0.25, -0.2) is 8.78 Å². The monoisotopic (exact) mass is 304 g/mol. The second kappa shape index (κ2) is 5.44. The minimum Gasteiger partial charge on any atom is -0.381 e. The van der Waals surface area contributed by atoms with Crippen LogP contribution < -0.4 is 0 Å². The van der Waals surface area contributed by atoms with Crippen LogP contribution in [0.3, 0.4) is 0 Å². The summed E-state index contributed by atoms with van der Waals surface area (Å²) in [5, 5.41) is 0.818. The molecule has 1 unspecified atom stereocenters. The molecule has 2 rings (SSSR count). The Bertz CT molecular complexity index is 389. The third-order valence-electron chi connectivity index (χ3n) is 3.25. The smallest absolute Gasteiger partial charge is 0.159 e. The average molecular weight is 305 g/mol. The van der Waals surface area contributed by atoms with Gasteiger partial charge in [-0.05, 0) is 37.0 Å². The van der Waals surface area contributed by atoms with E-state index in [9.17, 15) is 8.78 Å². The Morgan fingerprint density at radius 1 is 1.29 bits per heavy atom. The standard InChI is InChI=1S/C13H15BrF2O/c14-8-13(4-1-5-17-9-13)7-10-2-3-11(15)12(16)6-10/h2-3,6H,1,4-5,7-9H2. The number of hydrogen-bond acceptors (Lipinski definition) is 1. The van der Waals surface area contributed by atoms with E-state index in [-0.39, 0.29) is 5.41 Å². The summed E-state index contributed by atoms with van der Waals surface area (Å²) >= 11 is 3.51. The minimum atomic E-state index is -0.790. The van der Waals surface area contributed by atoms with Gasteiger partial charge in [0, 0.05) is 17.4 Å². The summed E-state index contributed by atoms with van der Waals surface area (Å²) in [6.07, 6.45) is 2.79. The summed E-state index contributed by atoms with van der Waals surface area (Å²) in [7, 11) is 0. The fraction of sp³-hybridized carbons (Fsp3) is 0.538. The lowest BCUT2D eigenvalue weighted by atomic mass is 9.79. The molecule has 94 valence electrons. The highest BCUT2D eigenvalue weighted by molar-refractivity contribution is 9.09. The molecule has 1 atom stereocenters. The molecule has 1 aromatic carbocycles. The lowest BCUT2D eigenvalue weighted by Gasteiger charge is -2.35. The highest BCUT2D eigenvalue weighted by Crippen LogP contribution is 2.34. The van der Waals surface area contributed by atoms with Gasteiger partial charge in [-0.2, -0.15) is 0 Å². The van der Waals surface area contributed by atoms with Crippen LogP contribution in [0.1, 0.15) is 18.4 Å². The molecule has 0 amide bonds. The first-order chi connectivity index (χ1) is 8.15. The Morgan fingerprint density at radius 2 is 2.12 bits per heavy atom. The van der Waals surface area contributed by atoms with Gasteiger partial charge in [-0.1, -0.05) is 22.0 Å². The molecular weight excluding hydrogens is 290 g/mol. The van der Waals surface area contributed by atoms with Crippen LogP contribution in [0.15, 0.2) is 18.2 Å². The van der Waals surface area contributed by atoms with E-state index in [1.54, 1.807) is 6.07 Å². The number of ether oxygens (including phenoxy) is 1. The Morgan fingerprint density at radius 3 is 2.71 bits per heavy atom. The Labute approximate surface area is 108 Å². The maximum absolute atomic E-state index is 13.1. The first kappa shape index (κ1) is 13.0. The first-order valence-electron chi connectivity index (χ1n) is 5.73. The molecule has 0 aliphatic carbocycles. The summed E-state index contributed by atoms with van der Waals surface area (Å²) in [6, 6.07) is 4.13. The van der Waals surface area contributed by atoms with Crippen molar-refractivity contribution in [2.45, 2.75) is 19.3 Å². The van der Waals surface area contributed by atoms with Gasteiger partial charge in [0.05, 0.1) is 6.61 Å². The van der Waals surface area contributed by atoms with E-state index in [2.05, 4.69) is 15.9 Å². The lowest BCUT2D eigenvalue weighted by molar-refractivity contribution is 0.00611. The van der Waals surface area contributed by atoms with Gasteiger partial charge in [0.1, 0.15) is 0 Å². The largest absolute Gasteiger partial charge is 0.381 e. The second-order valence-corrected chi connectivity index (χ2v) is 5.28. The van der Waals surface area contributed by atoms with E-state index in [1.807, 2.05) is 0 Å². The SMILES string of the molecule is Fc1ccc(CC2(CBr)CCCOC2)cc1F. The van der Waals surface area contributed by atoms with E-state index in [1.165, 1.54) is 12.1 Å². The molecule has 0 radical (unpaired) electrons. The topological polar surface area (TPSA) is 9.23 Å². The number of halogens is 3. The van der Waals surface area contributed by atoms with Crippen molar-refractivity contribution in [2.75, 3.05) is 18.5 Å². The van der Waals surface area contributed by atoms with Gasteiger partial charge in [-0.3, -0.25) is 0 Å². The molecule has 1 aromatic rings. The van der Waals surface area contributed by atoms with Gasteiger partial charge in [0.25, 0.3) is 0 Å². The Hall–Kier alpha value is -0.480. The third-order valence-corrected chi connectivity index (χ3v) is 4.44. The molecular formula is C13H15BrF2O. The van der Waals surface area contributed by atoms with E-state index < -0.39 is 11.6 Å². The molecule has 0 saturated carbocycles. The average Bonchev–Trinajstić information content (AvgIpc) is 2.35. The second-order valence-electron chi connectivity index (χ2n) is 4.72. The minimum absolute atomic E-state index is 0.0164. The molecule has 0 bridgehead atoms. The van der Waals surface area contributed by atoms with Gasteiger partial charge in [0.15, 0.2) is 11.6 Å². The van der Waals surface area contributed by atoms with Gasteiger partial charge < -0.3 is 4.74 Å². The molecule has 1 aliphatic heterocycles. The number of alkyl halides is 1. The van der Waals surface area contributed by atoms with Crippen LogP contribution in [-0.4, -0.2) is 18.5 Å². The van der Waals surface area contributed by atoms with Gasteiger partial charge in [-0.15, -0.1) is 0 Å². The van der Waals surface area contributed by atoms with Crippen molar-refractivity contribution in [3.63, 3.8) is 0 Å². The van der Waals surface area contributed by atoms with E-state index in [0.29, 0.717) is 6.61 Å². The van der Waals surface area contributed by atoms with Crippen LogP contribution in [0, 0.1) is 17.0 Å². The Balaban J connectivity index is 2.14. The molecule has 1 saturated heterocycles. The van der Waals surface area contributed by atoms with Crippen LogP contribution >= 0.6 is 15.9 Å². The molecule has 1 nitrogen and oxygen atoms in total. The summed E-state index contributed by atoms with van der Waals surface area (Å²) in [4.78, 5) is 0. The van der Waals surface area contributed by atoms with Crippen LogP contribution in [0.5, 0.6) is 0 Å². The Kier molecular flexibility index (Phi) is 4.15. The number of benzene rings is 1. The van der Waals surface area contributed by atoms with Gasteiger partial charge >= 0.3 is 0 Å². The third kappa shape index (κ3) is 3.05. The molecule has 4 heteroatoms. The van der Waals surface area contributed by atoms with E-state index in [4.69, 9.17) is 4.74 Å². The van der Waals surface area contributed by atoms with Crippen LogP contribution in [0.4, 0.5) is 8.78 Å². The fourth-order valence-electron chi connectivity index (χ4n) is 2.28. The maximum Gasteiger partial charge on any atom is 0.159 e. The molecule has 0 spiro atoms. The first-order valence-corrected chi connectivity index (χ1v) is 6.85. The summed E-state index contributed by atoms with van der Waals surface area (Å²) < 4.78 is 31.5. The predicted molar refractivity (Wildman–Crippen MR) is 66.3 cm³/mol. The van der Waals surface area contributed by atoms with Crippen molar-refractivity contribution in [3.8, 4) is 0 Å². The molecule has 1 fully saturated rings. The zero-order chi connectivity index (χ0) is 12.3. The van der Waals surface area contributed by atoms with Crippen LogP contribution in [-0.2, 0) is 11.2 Å². The van der Waals surface area contributed by atoms with Crippen molar-refractivity contribution >= 4 is 15.9 Å². The van der Waals surface area contributed by atoms with Crippen molar-refractivity contribution in [1.29, 1.82) is 0 Å². The maximum atomic E-state index is 13.1. The van der Waals surface area contributed by atoms with Crippen LogP contribution in [0.2, 0.25) is 0 Å². The summed E-state index contributed by atoms with van der Waals surface area (Å²) in [5.41, 5.74) is 0.844. The predicted octanol–water partition coefficient (Wildman–Crippen LogP) is 3.70. The zero-order valence-corrected chi connectivity index (χ0v) is 11.1.